The number of amides is 2. The van der Waals surface area contributed by atoms with Crippen LogP contribution in [0.4, 0.5) is 5.82 Å². The molecule has 1 rings (SSSR count). The van der Waals surface area contributed by atoms with Crippen molar-refractivity contribution in [3.05, 3.63) is 22.8 Å². The summed E-state index contributed by atoms with van der Waals surface area (Å²) in [6, 6.07) is 0.837. The Kier molecular flexibility index (Phi) is 6.90. The van der Waals surface area contributed by atoms with E-state index in [1.165, 1.54) is 12.3 Å². The van der Waals surface area contributed by atoms with Gasteiger partial charge in [-0.25, -0.2) is 4.98 Å². The highest BCUT2D eigenvalue weighted by Gasteiger charge is 2.18. The summed E-state index contributed by atoms with van der Waals surface area (Å²) in [4.78, 5) is 27.9. The molecule has 0 saturated carbocycles. The minimum atomic E-state index is -0.684. The number of pyridine rings is 1. The molecule has 0 aliphatic carbocycles. The molecule has 1 aromatic heterocycles. The Labute approximate surface area is 128 Å². The molecule has 8 heteroatoms. The Hall–Kier alpha value is -1.86. The van der Waals surface area contributed by atoms with Crippen LogP contribution in [0.25, 0.3) is 0 Å². The molecule has 3 N–H and O–H groups in total. The number of hydrogen-bond donors (Lipinski definition) is 3. The van der Waals surface area contributed by atoms with Gasteiger partial charge in [-0.2, -0.15) is 0 Å². The van der Waals surface area contributed by atoms with Crippen LogP contribution < -0.4 is 16.0 Å². The molecule has 0 fully saturated rings. The van der Waals surface area contributed by atoms with E-state index in [4.69, 9.17) is 16.3 Å². The van der Waals surface area contributed by atoms with E-state index in [1.54, 1.807) is 21.1 Å². The summed E-state index contributed by atoms with van der Waals surface area (Å²) in [6.07, 6.45) is 1.38. The molecule has 116 valence electrons. The van der Waals surface area contributed by atoms with Crippen molar-refractivity contribution in [1.29, 1.82) is 0 Å². The first-order valence-electron chi connectivity index (χ1n) is 6.40. The number of nitrogens with one attached hydrogen (secondary N) is 3. The van der Waals surface area contributed by atoms with Crippen LogP contribution in [-0.2, 0) is 9.53 Å². The Balaban J connectivity index is 2.65. The predicted molar refractivity (Wildman–Crippen MR) is 80.6 cm³/mol. The van der Waals surface area contributed by atoms with E-state index >= 15 is 0 Å². The highest BCUT2D eigenvalue weighted by atomic mass is 35.5. The summed E-state index contributed by atoms with van der Waals surface area (Å²) in [6.45, 7) is 2.39. The largest absolute Gasteiger partial charge is 0.383 e. The van der Waals surface area contributed by atoms with E-state index in [0.717, 1.165) is 0 Å². The van der Waals surface area contributed by atoms with Gasteiger partial charge in [0.15, 0.2) is 0 Å². The van der Waals surface area contributed by atoms with Gasteiger partial charge in [0.05, 0.1) is 17.2 Å². The number of halogens is 1. The fourth-order valence-corrected chi connectivity index (χ4v) is 1.71. The molecule has 21 heavy (non-hydrogen) atoms. The lowest BCUT2D eigenvalue weighted by Gasteiger charge is -2.14. The number of carbonyl (C=O) groups excluding carboxylic acids is 2. The molecule has 7 nitrogen and oxygen atoms in total. The monoisotopic (exact) mass is 314 g/mol. The van der Waals surface area contributed by atoms with Crippen molar-refractivity contribution in [3.8, 4) is 0 Å². The zero-order chi connectivity index (χ0) is 15.8. The van der Waals surface area contributed by atoms with Crippen LogP contribution in [0.2, 0.25) is 5.02 Å². The van der Waals surface area contributed by atoms with Crippen LogP contribution in [-0.4, -0.2) is 50.1 Å². The van der Waals surface area contributed by atoms with E-state index < -0.39 is 11.9 Å². The van der Waals surface area contributed by atoms with Crippen molar-refractivity contribution in [2.24, 2.45) is 0 Å². The lowest BCUT2D eigenvalue weighted by atomic mass is 10.2. The van der Waals surface area contributed by atoms with Crippen molar-refractivity contribution in [2.75, 3.05) is 32.6 Å². The van der Waals surface area contributed by atoms with Crippen molar-refractivity contribution < 1.29 is 14.3 Å². The van der Waals surface area contributed by atoms with E-state index in [1.807, 2.05) is 0 Å². The molecule has 2 amide bonds. The Morgan fingerprint density at radius 2 is 2.19 bits per heavy atom. The first-order valence-corrected chi connectivity index (χ1v) is 6.78. The number of ether oxygens (including phenoxy) is 1. The van der Waals surface area contributed by atoms with Crippen LogP contribution >= 0.6 is 11.6 Å². The highest BCUT2D eigenvalue weighted by molar-refractivity contribution is 6.33. The molecule has 0 bridgehead atoms. The number of anilines is 1. The second-order valence-electron chi connectivity index (χ2n) is 4.28. The van der Waals surface area contributed by atoms with Crippen LogP contribution in [0.3, 0.4) is 0 Å². The van der Waals surface area contributed by atoms with Gasteiger partial charge in [-0.1, -0.05) is 11.6 Å². The smallest absolute Gasteiger partial charge is 0.253 e. The molecule has 1 heterocycles. The van der Waals surface area contributed by atoms with Crippen molar-refractivity contribution >= 4 is 29.2 Å². The van der Waals surface area contributed by atoms with Gasteiger partial charge in [0.1, 0.15) is 11.9 Å². The van der Waals surface area contributed by atoms with E-state index in [2.05, 4.69) is 20.9 Å². The highest BCUT2D eigenvalue weighted by Crippen LogP contribution is 2.17. The number of nitrogens with zero attached hydrogens (tertiary/aromatic N) is 1. The lowest BCUT2D eigenvalue weighted by Crippen LogP contribution is -2.45. The molecular formula is C13H19ClN4O3. The first kappa shape index (κ1) is 17.2. The molecule has 1 atom stereocenters. The van der Waals surface area contributed by atoms with Gasteiger partial charge >= 0.3 is 0 Å². The van der Waals surface area contributed by atoms with Crippen molar-refractivity contribution in [2.45, 2.75) is 13.0 Å². The van der Waals surface area contributed by atoms with Crippen molar-refractivity contribution in [3.63, 3.8) is 0 Å². The topological polar surface area (TPSA) is 92.4 Å². The third-order valence-electron chi connectivity index (χ3n) is 2.70. The van der Waals surface area contributed by atoms with Gasteiger partial charge in [-0.05, 0) is 13.0 Å². The molecule has 0 aromatic carbocycles. The third kappa shape index (κ3) is 5.20. The predicted octanol–water partition coefficient (Wildman–Crippen LogP) is 0.658. The van der Waals surface area contributed by atoms with Crippen LogP contribution in [0.5, 0.6) is 0 Å². The molecule has 0 aliphatic heterocycles. The second kappa shape index (κ2) is 8.43. The normalized spacial score (nSPS) is 11.6. The van der Waals surface area contributed by atoms with E-state index in [-0.39, 0.29) is 16.5 Å². The van der Waals surface area contributed by atoms with Gasteiger partial charge in [-0.15, -0.1) is 0 Å². The maximum absolute atomic E-state index is 12.1. The molecular weight excluding hydrogens is 296 g/mol. The third-order valence-corrected chi connectivity index (χ3v) is 3.00. The maximum Gasteiger partial charge on any atom is 0.253 e. The van der Waals surface area contributed by atoms with Crippen molar-refractivity contribution in [1.82, 2.24) is 15.6 Å². The van der Waals surface area contributed by atoms with Crippen LogP contribution in [0.1, 0.15) is 17.3 Å². The number of methoxy groups -OCH3 is 1. The molecule has 1 aromatic rings. The minimum Gasteiger partial charge on any atom is -0.383 e. The molecule has 0 radical (unpaired) electrons. The van der Waals surface area contributed by atoms with E-state index in [9.17, 15) is 9.59 Å². The molecule has 0 spiro atoms. The lowest BCUT2D eigenvalue weighted by molar-refractivity contribution is -0.122. The van der Waals surface area contributed by atoms with E-state index in [0.29, 0.717) is 19.0 Å². The summed E-state index contributed by atoms with van der Waals surface area (Å²) in [5, 5.41) is 8.26. The number of carbonyl (C=O) groups is 2. The molecule has 1 unspecified atom stereocenters. The van der Waals surface area contributed by atoms with Gasteiger partial charge < -0.3 is 20.7 Å². The van der Waals surface area contributed by atoms with Gasteiger partial charge in [0.2, 0.25) is 5.91 Å². The van der Waals surface area contributed by atoms with Gasteiger partial charge in [0, 0.05) is 26.9 Å². The number of aromatic nitrogens is 1. The van der Waals surface area contributed by atoms with Crippen LogP contribution in [0.15, 0.2) is 12.3 Å². The van der Waals surface area contributed by atoms with Gasteiger partial charge in [0.25, 0.3) is 5.91 Å². The number of rotatable bonds is 7. The quantitative estimate of drug-likeness (QED) is 0.643. The fraction of sp³-hybridized carbons (Fsp3) is 0.462. The molecule has 0 saturated heterocycles. The summed E-state index contributed by atoms with van der Waals surface area (Å²) in [5.74, 6) is -0.213. The standard InChI is InChI=1S/C13H19ClN4O3/c1-8(12(19)16-4-5-21-3)18-13(20)9-6-11(15-2)17-7-10(9)14/h6-8H,4-5H2,1-3H3,(H,15,17)(H,16,19)(H,18,20). The zero-order valence-corrected chi connectivity index (χ0v) is 13.0. The average Bonchev–Trinajstić information content (AvgIpc) is 2.47. The van der Waals surface area contributed by atoms with Gasteiger partial charge in [-0.3, -0.25) is 9.59 Å². The SMILES string of the molecule is CNc1cc(C(=O)NC(C)C(=O)NCCOC)c(Cl)cn1. The fourth-order valence-electron chi connectivity index (χ4n) is 1.52. The average molecular weight is 315 g/mol. The molecule has 0 aliphatic rings. The summed E-state index contributed by atoms with van der Waals surface area (Å²) < 4.78 is 4.83. The Morgan fingerprint density at radius 3 is 2.81 bits per heavy atom. The minimum absolute atomic E-state index is 0.221. The Bertz CT molecular complexity index is 510. The summed E-state index contributed by atoms with van der Waals surface area (Å²) in [7, 11) is 3.23. The maximum atomic E-state index is 12.1. The van der Waals surface area contributed by atoms with Crippen LogP contribution in [0, 0.1) is 0 Å². The second-order valence-corrected chi connectivity index (χ2v) is 4.69. The summed E-state index contributed by atoms with van der Waals surface area (Å²) >= 11 is 5.95. The zero-order valence-electron chi connectivity index (χ0n) is 12.2. The summed E-state index contributed by atoms with van der Waals surface area (Å²) in [5.41, 5.74) is 0.257. The first-order chi connectivity index (χ1) is 9.99. The number of hydrogen-bond acceptors (Lipinski definition) is 5. The Morgan fingerprint density at radius 1 is 1.48 bits per heavy atom.